The van der Waals surface area contributed by atoms with E-state index in [9.17, 15) is 4.79 Å². The van der Waals surface area contributed by atoms with E-state index in [0.717, 1.165) is 17.5 Å². The van der Waals surface area contributed by atoms with Crippen LogP contribution in [0.1, 0.15) is 42.6 Å². The quantitative estimate of drug-likeness (QED) is 0.624. The first-order valence-corrected chi connectivity index (χ1v) is 5.40. The zero-order valence-corrected chi connectivity index (χ0v) is 9.29. The van der Waals surface area contributed by atoms with E-state index in [-0.39, 0.29) is 11.2 Å². The molecule has 0 fully saturated rings. The van der Waals surface area contributed by atoms with Gasteiger partial charge in [0.1, 0.15) is 0 Å². The normalized spacial score (nSPS) is 19.2. The van der Waals surface area contributed by atoms with Crippen molar-refractivity contribution in [1.29, 1.82) is 0 Å². The average molecular weight is 200 g/mol. The van der Waals surface area contributed by atoms with Crippen LogP contribution in [-0.4, -0.2) is 5.78 Å². The van der Waals surface area contributed by atoms with Gasteiger partial charge in [-0.25, -0.2) is 0 Å². The highest BCUT2D eigenvalue weighted by Crippen LogP contribution is 2.29. The summed E-state index contributed by atoms with van der Waals surface area (Å²) in [6.45, 7) is 4.34. The number of Topliss-reactive ketones (excluding diaryl/α,β-unsaturated/α-hetero) is 1. The van der Waals surface area contributed by atoms with Gasteiger partial charge in [0.2, 0.25) is 0 Å². The summed E-state index contributed by atoms with van der Waals surface area (Å²) < 4.78 is 0. The lowest BCUT2D eigenvalue weighted by Gasteiger charge is -2.22. The molecule has 15 heavy (non-hydrogen) atoms. The second-order valence-corrected chi connectivity index (χ2v) is 4.83. The molecule has 0 saturated heterocycles. The molecule has 0 atom stereocenters. The van der Waals surface area contributed by atoms with Gasteiger partial charge >= 0.3 is 0 Å². The molecule has 1 aliphatic rings. The molecule has 0 aliphatic heterocycles. The van der Waals surface area contributed by atoms with Crippen molar-refractivity contribution in [3.8, 4) is 0 Å². The molecule has 0 bridgehead atoms. The Morgan fingerprint density at radius 1 is 1.20 bits per heavy atom. The van der Waals surface area contributed by atoms with E-state index >= 15 is 0 Å². The van der Waals surface area contributed by atoms with E-state index in [2.05, 4.69) is 26.0 Å². The van der Waals surface area contributed by atoms with Crippen molar-refractivity contribution in [1.82, 2.24) is 0 Å². The number of hydrogen-bond acceptors (Lipinski definition) is 1. The Hall–Kier alpha value is -1.37. The monoisotopic (exact) mass is 200 g/mol. The zero-order valence-electron chi connectivity index (χ0n) is 9.29. The minimum absolute atomic E-state index is 0.128. The van der Waals surface area contributed by atoms with Crippen molar-refractivity contribution in [2.24, 2.45) is 5.41 Å². The minimum Gasteiger partial charge on any atom is -0.294 e. The average Bonchev–Trinajstić information content (AvgIpc) is 2.22. The summed E-state index contributed by atoms with van der Waals surface area (Å²) in [4.78, 5) is 11.9. The number of hydrogen-bond donors (Lipinski definition) is 0. The van der Waals surface area contributed by atoms with Crippen molar-refractivity contribution in [2.45, 2.75) is 26.7 Å². The molecule has 2 rings (SSSR count). The van der Waals surface area contributed by atoms with Crippen LogP contribution in [0.25, 0.3) is 6.08 Å². The number of ketones is 1. The maximum absolute atomic E-state index is 11.9. The molecule has 0 amide bonds. The van der Waals surface area contributed by atoms with Gasteiger partial charge in [-0.2, -0.15) is 0 Å². The maximum Gasteiger partial charge on any atom is 0.163 e. The molecule has 1 nitrogen and oxygen atoms in total. The van der Waals surface area contributed by atoms with E-state index in [4.69, 9.17) is 0 Å². The Labute approximate surface area is 90.8 Å². The molecule has 1 aliphatic carbocycles. The number of fused-ring (bicyclic) bond motifs is 1. The Kier molecular flexibility index (Phi) is 2.47. The maximum atomic E-state index is 11.9. The Morgan fingerprint density at radius 2 is 1.93 bits per heavy atom. The molecule has 78 valence electrons. The van der Waals surface area contributed by atoms with Crippen LogP contribution < -0.4 is 0 Å². The molecule has 1 heteroatoms. The fourth-order valence-electron chi connectivity index (χ4n) is 1.87. The van der Waals surface area contributed by atoms with Gasteiger partial charge < -0.3 is 0 Å². The van der Waals surface area contributed by atoms with Gasteiger partial charge in [-0.3, -0.25) is 4.79 Å². The van der Waals surface area contributed by atoms with Gasteiger partial charge in [0, 0.05) is 12.0 Å². The van der Waals surface area contributed by atoms with E-state index < -0.39 is 0 Å². The van der Waals surface area contributed by atoms with Crippen LogP contribution in [0, 0.1) is 5.41 Å². The highest BCUT2D eigenvalue weighted by Gasteiger charge is 2.20. The number of benzene rings is 1. The summed E-state index contributed by atoms with van der Waals surface area (Å²) >= 11 is 0. The Balaban J connectivity index is 2.49. The second-order valence-electron chi connectivity index (χ2n) is 4.83. The third kappa shape index (κ3) is 2.17. The number of carbonyl (C=O) groups is 1. The van der Waals surface area contributed by atoms with Crippen LogP contribution in [0.5, 0.6) is 0 Å². The topological polar surface area (TPSA) is 17.1 Å². The summed E-state index contributed by atoms with van der Waals surface area (Å²) in [5.41, 5.74) is 2.04. The Morgan fingerprint density at radius 3 is 2.73 bits per heavy atom. The molecule has 0 spiro atoms. The van der Waals surface area contributed by atoms with Crippen molar-refractivity contribution in [3.05, 3.63) is 41.5 Å². The molecule has 0 radical (unpaired) electrons. The van der Waals surface area contributed by atoms with E-state index in [1.807, 2.05) is 24.3 Å². The van der Waals surface area contributed by atoms with E-state index in [1.165, 1.54) is 0 Å². The van der Waals surface area contributed by atoms with Gasteiger partial charge in [-0.05, 0) is 17.4 Å². The van der Waals surface area contributed by atoms with Crippen molar-refractivity contribution < 1.29 is 4.79 Å². The van der Waals surface area contributed by atoms with Crippen LogP contribution in [0.2, 0.25) is 0 Å². The third-order valence-electron chi connectivity index (χ3n) is 2.97. The predicted molar refractivity (Wildman–Crippen MR) is 62.8 cm³/mol. The molecule has 0 heterocycles. The number of carbonyl (C=O) groups excluding carboxylic acids is 1. The van der Waals surface area contributed by atoms with E-state index in [1.54, 1.807) is 0 Å². The van der Waals surface area contributed by atoms with Gasteiger partial charge in [0.15, 0.2) is 5.78 Å². The summed E-state index contributed by atoms with van der Waals surface area (Å²) in [6.07, 6.45) is 5.86. The zero-order chi connectivity index (χ0) is 10.9. The number of rotatable bonds is 0. The highest BCUT2D eigenvalue weighted by molar-refractivity contribution is 5.99. The van der Waals surface area contributed by atoms with Crippen molar-refractivity contribution in [3.63, 3.8) is 0 Å². The lowest BCUT2D eigenvalue weighted by atomic mass is 9.82. The number of allylic oxidation sites excluding steroid dienone is 1. The largest absolute Gasteiger partial charge is 0.294 e. The van der Waals surface area contributed by atoms with Crippen molar-refractivity contribution in [2.75, 3.05) is 0 Å². The Bertz CT molecular complexity index is 413. The third-order valence-corrected chi connectivity index (χ3v) is 2.97. The van der Waals surface area contributed by atoms with Gasteiger partial charge in [0.05, 0.1) is 0 Å². The van der Waals surface area contributed by atoms with Crippen LogP contribution in [0.15, 0.2) is 30.3 Å². The fraction of sp³-hybridized carbons (Fsp3) is 0.357. The van der Waals surface area contributed by atoms with Crippen LogP contribution in [0.4, 0.5) is 0 Å². The van der Waals surface area contributed by atoms with Crippen molar-refractivity contribution >= 4 is 11.9 Å². The van der Waals surface area contributed by atoms with Crippen LogP contribution in [0.3, 0.4) is 0 Å². The summed E-state index contributed by atoms with van der Waals surface area (Å²) in [7, 11) is 0. The van der Waals surface area contributed by atoms with Crippen LogP contribution in [-0.2, 0) is 0 Å². The predicted octanol–water partition coefficient (Wildman–Crippen LogP) is 3.70. The molecule has 0 unspecified atom stereocenters. The highest BCUT2D eigenvalue weighted by atomic mass is 16.1. The summed E-state index contributed by atoms with van der Waals surface area (Å²) in [5, 5.41) is 0. The summed E-state index contributed by atoms with van der Waals surface area (Å²) in [5.74, 6) is 0.267. The smallest absolute Gasteiger partial charge is 0.163 e. The minimum atomic E-state index is 0.128. The SMILES string of the molecule is CC1(C)C=Cc2ccccc2C(=O)CC1. The van der Waals surface area contributed by atoms with E-state index in [0.29, 0.717) is 6.42 Å². The first-order chi connectivity index (χ1) is 7.08. The lowest BCUT2D eigenvalue weighted by Crippen LogP contribution is -2.13. The first kappa shape index (κ1) is 10.2. The molecule has 1 aromatic rings. The standard InChI is InChI=1S/C14H16O/c1-14(2)9-7-11-5-3-4-6-12(11)13(15)8-10-14/h3-7,9H,8,10H2,1-2H3. The fourth-order valence-corrected chi connectivity index (χ4v) is 1.87. The molecule has 0 N–H and O–H groups in total. The molecular weight excluding hydrogens is 184 g/mol. The van der Waals surface area contributed by atoms with Gasteiger partial charge in [0.25, 0.3) is 0 Å². The molecule has 0 aromatic heterocycles. The van der Waals surface area contributed by atoms with Gasteiger partial charge in [-0.15, -0.1) is 0 Å². The lowest BCUT2D eigenvalue weighted by molar-refractivity contribution is 0.0968. The summed E-state index contributed by atoms with van der Waals surface area (Å²) in [6, 6.07) is 7.83. The molecular formula is C14H16O. The molecule has 1 aromatic carbocycles. The molecule has 0 saturated carbocycles. The second kappa shape index (κ2) is 3.65. The van der Waals surface area contributed by atoms with Gasteiger partial charge in [-0.1, -0.05) is 50.3 Å². The van der Waals surface area contributed by atoms with Crippen LogP contribution >= 0.6 is 0 Å². The first-order valence-electron chi connectivity index (χ1n) is 5.40.